The Balaban J connectivity index is 1.78. The van der Waals surface area contributed by atoms with Gasteiger partial charge >= 0.3 is 12.1 Å². The number of rotatable bonds is 7. The molecule has 50 heavy (non-hydrogen) atoms. The van der Waals surface area contributed by atoms with Crippen molar-refractivity contribution in [2.75, 3.05) is 39.0 Å². The van der Waals surface area contributed by atoms with Crippen LogP contribution >= 0.6 is 12.6 Å². The number of esters is 1. The number of likely N-dealkylation sites (N-methyl/N-ethyl adjacent to an activating group) is 1. The van der Waals surface area contributed by atoms with E-state index in [-0.39, 0.29) is 42.4 Å². The number of amides is 3. The molecule has 3 amide bonds. The Morgan fingerprint density at radius 1 is 1.26 bits per heavy atom. The van der Waals surface area contributed by atoms with Crippen molar-refractivity contribution in [1.29, 1.82) is 0 Å². The topological polar surface area (TPSA) is 177 Å². The first-order valence-electron chi connectivity index (χ1n) is 16.5. The monoisotopic (exact) mass is 719 g/mol. The highest BCUT2D eigenvalue weighted by Gasteiger charge is 2.64. The van der Waals surface area contributed by atoms with Crippen LogP contribution in [-0.2, 0) is 39.8 Å². The van der Waals surface area contributed by atoms with Crippen molar-refractivity contribution in [3.05, 3.63) is 41.5 Å². The van der Waals surface area contributed by atoms with Gasteiger partial charge in [-0.05, 0) is 50.6 Å². The lowest BCUT2D eigenvalue weighted by Crippen LogP contribution is -2.63. The molecule has 2 fully saturated rings. The second-order valence-corrected chi connectivity index (χ2v) is 13.9. The van der Waals surface area contributed by atoms with E-state index in [9.17, 15) is 29.4 Å². The molecule has 1 aromatic rings. The molecule has 2 saturated heterocycles. The zero-order valence-corrected chi connectivity index (χ0v) is 30.7. The average Bonchev–Trinajstić information content (AvgIpc) is 3.76. The van der Waals surface area contributed by atoms with Crippen LogP contribution in [0.3, 0.4) is 0 Å². The molecule has 1 unspecified atom stereocenters. The molecule has 3 heterocycles. The quantitative estimate of drug-likeness (QED) is 0.185. The van der Waals surface area contributed by atoms with Gasteiger partial charge in [0.25, 0.3) is 0 Å². The largest absolute Gasteiger partial charge is 0.503 e. The molecule has 0 aromatic heterocycles. The number of hydrogen-bond donors (Lipinski definition) is 4. The van der Waals surface area contributed by atoms with Crippen molar-refractivity contribution in [1.82, 2.24) is 10.2 Å². The minimum Gasteiger partial charge on any atom is -0.503 e. The number of allylic oxidation sites excluding steroid dienone is 3. The fraction of sp³-hybridized carbons (Fsp3) is 0.600. The number of nitrogens with zero attached hydrogens (tertiary/aromatic N) is 2. The molecule has 276 valence electrons. The van der Waals surface area contributed by atoms with Crippen molar-refractivity contribution < 1.29 is 53.1 Å². The van der Waals surface area contributed by atoms with Crippen molar-refractivity contribution >= 4 is 42.2 Å². The van der Waals surface area contributed by atoms with Gasteiger partial charge in [0.1, 0.15) is 30.0 Å². The molecule has 3 aliphatic heterocycles. The zero-order valence-electron chi connectivity index (χ0n) is 29.8. The fourth-order valence-corrected chi connectivity index (χ4v) is 6.71. The lowest BCUT2D eigenvalue weighted by Gasteiger charge is -2.42. The van der Waals surface area contributed by atoms with Gasteiger partial charge in [-0.2, -0.15) is 12.6 Å². The van der Waals surface area contributed by atoms with Gasteiger partial charge in [0.2, 0.25) is 11.8 Å². The molecule has 8 atom stereocenters. The molecule has 0 spiro atoms. The van der Waals surface area contributed by atoms with Crippen LogP contribution in [0.2, 0.25) is 0 Å². The number of aliphatic hydroxyl groups is 1. The van der Waals surface area contributed by atoms with Gasteiger partial charge in [0, 0.05) is 40.0 Å². The first-order valence-corrected chi connectivity index (χ1v) is 17.1. The Kier molecular flexibility index (Phi) is 12.2. The standard InChI is InChI=1S/C35H49N3O11S/c1-19-10-9-11-26(46-8)35(44)18-25(47-33(43)36-35)20(2)31-34(4,49-31)27(48-32(42)21(3)37(5)28(39)12-13-50)17-29(40)38(6)23-15-22(14-19)16-24(45-7)30(23)41/h9-11,15-16,20-21,25-27,31,41,44,50H,12-14,17-18H2,1-8H3,(H,36,43)/b11-9+,19-10+/t20-,21+,25+,26-,27+,31?,34-,35+/m1/s1. The van der Waals surface area contributed by atoms with Crippen LogP contribution in [0.15, 0.2) is 35.9 Å². The number of methoxy groups -OCH3 is 2. The van der Waals surface area contributed by atoms with E-state index in [0.717, 1.165) is 11.1 Å². The third-order valence-corrected chi connectivity index (χ3v) is 10.1. The van der Waals surface area contributed by atoms with E-state index in [1.165, 1.54) is 45.0 Å². The van der Waals surface area contributed by atoms with E-state index >= 15 is 0 Å². The van der Waals surface area contributed by atoms with Crippen molar-refractivity contribution in [3.63, 3.8) is 0 Å². The minimum absolute atomic E-state index is 0.0620. The Morgan fingerprint density at radius 3 is 2.60 bits per heavy atom. The van der Waals surface area contributed by atoms with Gasteiger partial charge in [-0.1, -0.05) is 30.7 Å². The molecule has 0 aliphatic carbocycles. The number of carbonyl (C=O) groups excluding carboxylic acids is 4. The highest BCUT2D eigenvalue weighted by atomic mass is 32.1. The predicted molar refractivity (Wildman–Crippen MR) is 186 cm³/mol. The Labute approximate surface area is 298 Å². The maximum Gasteiger partial charge on any atom is 0.409 e. The van der Waals surface area contributed by atoms with E-state index in [1.54, 1.807) is 38.1 Å². The Hall–Kier alpha value is -3.79. The van der Waals surface area contributed by atoms with Gasteiger partial charge in [0.05, 0.1) is 25.3 Å². The molecule has 4 rings (SSSR count). The number of phenolic OH excluding ortho intramolecular Hbond substituents is 1. The van der Waals surface area contributed by atoms with Gasteiger partial charge in [0.15, 0.2) is 17.2 Å². The van der Waals surface area contributed by atoms with Gasteiger partial charge in [-0.15, -0.1) is 0 Å². The number of phenols is 1. The summed E-state index contributed by atoms with van der Waals surface area (Å²) in [6.45, 7) is 6.88. The van der Waals surface area contributed by atoms with Crippen LogP contribution in [0, 0.1) is 5.92 Å². The van der Waals surface area contributed by atoms with E-state index in [2.05, 4.69) is 17.9 Å². The van der Waals surface area contributed by atoms with Crippen molar-refractivity contribution in [2.45, 2.75) is 95.2 Å². The lowest BCUT2D eigenvalue weighted by molar-refractivity contribution is -0.162. The van der Waals surface area contributed by atoms with E-state index in [4.69, 9.17) is 23.7 Å². The summed E-state index contributed by atoms with van der Waals surface area (Å²) in [6, 6.07) is 2.35. The molecule has 14 nitrogen and oxygen atoms in total. The summed E-state index contributed by atoms with van der Waals surface area (Å²) in [4.78, 5) is 55.4. The summed E-state index contributed by atoms with van der Waals surface area (Å²) >= 11 is 4.11. The van der Waals surface area contributed by atoms with Crippen LogP contribution in [0.5, 0.6) is 11.5 Å². The summed E-state index contributed by atoms with van der Waals surface area (Å²) in [5.41, 5.74) is -1.27. The third-order valence-electron chi connectivity index (χ3n) is 9.88. The molecule has 15 heteroatoms. The van der Waals surface area contributed by atoms with E-state index in [1.807, 2.05) is 13.0 Å². The predicted octanol–water partition coefficient (Wildman–Crippen LogP) is 2.89. The third kappa shape index (κ3) is 8.22. The summed E-state index contributed by atoms with van der Waals surface area (Å²) < 4.78 is 28.8. The minimum atomic E-state index is -1.83. The van der Waals surface area contributed by atoms with Crippen molar-refractivity contribution in [2.24, 2.45) is 5.92 Å². The van der Waals surface area contributed by atoms with Gasteiger partial charge in [-0.3, -0.25) is 14.9 Å². The Morgan fingerprint density at radius 2 is 1.96 bits per heavy atom. The van der Waals surface area contributed by atoms with Crippen molar-refractivity contribution in [3.8, 4) is 11.5 Å². The van der Waals surface area contributed by atoms with Gasteiger partial charge < -0.3 is 43.7 Å². The molecule has 0 radical (unpaired) electrons. The average molecular weight is 720 g/mol. The number of benzene rings is 1. The molecule has 3 aliphatic rings. The smallest absolute Gasteiger partial charge is 0.409 e. The number of nitrogens with one attached hydrogen (secondary N) is 1. The number of aromatic hydroxyl groups is 1. The van der Waals surface area contributed by atoms with E-state index in [0.29, 0.717) is 12.2 Å². The summed E-state index contributed by atoms with van der Waals surface area (Å²) in [5.74, 6) is -1.90. The second-order valence-electron chi connectivity index (χ2n) is 13.4. The highest BCUT2D eigenvalue weighted by molar-refractivity contribution is 7.80. The molecule has 0 saturated carbocycles. The summed E-state index contributed by atoms with van der Waals surface area (Å²) in [7, 11) is 5.81. The second kappa shape index (κ2) is 15.6. The summed E-state index contributed by atoms with van der Waals surface area (Å²) in [6.07, 6.45) is 0.778. The Bertz CT molecular complexity index is 1530. The lowest BCUT2D eigenvalue weighted by atomic mass is 9.83. The number of fused-ring (bicyclic) bond motifs is 5. The SMILES string of the molecule is COc1cc2cc(c1O)N(C)C(=O)C[C@H](OC(=O)[C@H](C)N(C)C(=O)CCS)[C@@]1(C)OC1[C@H](C)[C@@H]1C[C@@](O)(NC(=O)O1)[C@H](OC)/C=C/C=C(\C)C2. The van der Waals surface area contributed by atoms with Crippen LogP contribution in [-0.4, -0.2) is 115 Å². The molecule has 1 aromatic carbocycles. The molecule has 3 N–H and O–H groups in total. The van der Waals surface area contributed by atoms with Crippen LogP contribution in [0.4, 0.5) is 10.5 Å². The number of thiol groups is 1. The van der Waals surface area contributed by atoms with Crippen LogP contribution in [0.1, 0.15) is 52.5 Å². The maximum absolute atomic E-state index is 14.0. The number of ether oxygens (including phenoxy) is 5. The van der Waals surface area contributed by atoms with Crippen LogP contribution < -0.4 is 15.0 Å². The highest BCUT2D eigenvalue weighted by Crippen LogP contribution is 2.49. The number of alkyl carbamates (subject to hydrolysis) is 1. The summed E-state index contributed by atoms with van der Waals surface area (Å²) in [5, 5.41) is 25.2. The normalized spacial score (nSPS) is 32.3. The first-order chi connectivity index (χ1) is 23.5. The number of epoxide rings is 1. The number of carbonyl (C=O) groups is 4. The maximum atomic E-state index is 14.0. The fourth-order valence-electron chi connectivity index (χ4n) is 6.52. The number of hydrogen-bond acceptors (Lipinski definition) is 12. The zero-order chi connectivity index (χ0) is 37.1. The van der Waals surface area contributed by atoms with Crippen LogP contribution in [0.25, 0.3) is 0 Å². The number of anilines is 1. The van der Waals surface area contributed by atoms with E-state index < -0.39 is 65.7 Å². The molecular formula is C35H49N3O11S. The molecule has 4 bridgehead atoms. The molecular weight excluding hydrogens is 670 g/mol. The van der Waals surface area contributed by atoms with Gasteiger partial charge in [-0.25, -0.2) is 9.59 Å². The first kappa shape index (κ1) is 39.0.